The van der Waals surface area contributed by atoms with Crippen molar-refractivity contribution in [3.63, 3.8) is 0 Å². The van der Waals surface area contributed by atoms with Crippen molar-refractivity contribution in [3.8, 4) is 0 Å². The molecule has 0 aliphatic rings. The molecule has 1 aromatic heterocycles. The Hall–Kier alpha value is -3.60. The molecule has 10 nitrogen and oxygen atoms in total. The lowest BCUT2D eigenvalue weighted by atomic mass is 10.2. The van der Waals surface area contributed by atoms with E-state index in [1.54, 1.807) is 38.5 Å². The normalized spacial score (nSPS) is 12.1. The minimum atomic E-state index is -0.364. The second-order valence-electron chi connectivity index (χ2n) is 6.91. The third-order valence-electron chi connectivity index (χ3n) is 4.44. The Morgan fingerprint density at radius 3 is 2.81 bits per heavy atom. The molecule has 0 saturated heterocycles. The number of amides is 1. The van der Waals surface area contributed by atoms with Crippen LogP contribution in [0.1, 0.15) is 25.8 Å². The molecule has 0 aliphatic heterocycles. The molecule has 0 bridgehead atoms. The van der Waals surface area contributed by atoms with Gasteiger partial charge in [0.25, 0.3) is 0 Å². The average molecular weight is 444 g/mol. The van der Waals surface area contributed by atoms with Crippen LogP contribution in [0.25, 0.3) is 5.70 Å². The van der Waals surface area contributed by atoms with Crippen LogP contribution in [-0.4, -0.2) is 48.6 Å². The Morgan fingerprint density at radius 2 is 2.12 bits per heavy atom. The smallest absolute Gasteiger partial charge is 0.236 e. The van der Waals surface area contributed by atoms with Crippen molar-refractivity contribution in [1.82, 2.24) is 25.9 Å². The number of likely N-dealkylation sites (N-methyl/N-ethyl adjacent to an activating group) is 1. The molecule has 0 saturated carbocycles. The van der Waals surface area contributed by atoms with Crippen molar-refractivity contribution in [2.24, 2.45) is 5.11 Å². The van der Waals surface area contributed by atoms with Crippen molar-refractivity contribution in [2.45, 2.75) is 26.3 Å². The molecule has 1 amide bonds. The number of nitrogens with zero attached hydrogens (tertiary/aromatic N) is 3. The van der Waals surface area contributed by atoms with Crippen LogP contribution >= 0.6 is 0 Å². The van der Waals surface area contributed by atoms with Gasteiger partial charge in [-0.05, 0) is 38.6 Å². The van der Waals surface area contributed by atoms with Crippen LogP contribution in [0.15, 0.2) is 41.8 Å². The summed E-state index contributed by atoms with van der Waals surface area (Å²) in [6.45, 7) is 5.34. The third-order valence-corrected chi connectivity index (χ3v) is 4.44. The zero-order valence-corrected chi connectivity index (χ0v) is 18.5. The maximum absolute atomic E-state index is 13.4. The van der Waals surface area contributed by atoms with Gasteiger partial charge in [0.1, 0.15) is 17.3 Å². The highest BCUT2D eigenvalue weighted by Crippen LogP contribution is 2.24. The van der Waals surface area contributed by atoms with E-state index in [2.05, 4.69) is 41.7 Å². The largest absolute Gasteiger partial charge is 0.387 e. The summed E-state index contributed by atoms with van der Waals surface area (Å²) in [5.41, 5.74) is 8.95. The van der Waals surface area contributed by atoms with Gasteiger partial charge in [-0.25, -0.2) is 14.9 Å². The fraction of sp³-hybridized carbons (Fsp3) is 0.381. The molecule has 32 heavy (non-hydrogen) atoms. The van der Waals surface area contributed by atoms with Gasteiger partial charge in [-0.3, -0.25) is 4.79 Å². The molecule has 1 atom stereocenters. The number of halogens is 1. The molecule has 0 aliphatic carbocycles. The predicted molar refractivity (Wildman–Crippen MR) is 123 cm³/mol. The first-order valence-corrected chi connectivity index (χ1v) is 10.4. The summed E-state index contributed by atoms with van der Waals surface area (Å²) < 4.78 is 13.4. The molecule has 11 heteroatoms. The van der Waals surface area contributed by atoms with Crippen LogP contribution in [0, 0.1) is 11.3 Å². The minimum Gasteiger partial charge on any atom is -0.387 e. The Balaban J connectivity index is 2.10. The minimum absolute atomic E-state index is 0.0930. The highest BCUT2D eigenvalue weighted by atomic mass is 19.1. The van der Waals surface area contributed by atoms with Crippen LogP contribution in [-0.2, 0) is 4.79 Å². The van der Waals surface area contributed by atoms with Crippen molar-refractivity contribution in [1.29, 1.82) is 5.53 Å². The number of anilines is 3. The molecule has 6 N–H and O–H groups in total. The number of hydrogen-bond acceptors (Lipinski definition) is 9. The van der Waals surface area contributed by atoms with E-state index in [4.69, 9.17) is 5.53 Å². The van der Waals surface area contributed by atoms with Crippen LogP contribution in [0.4, 0.5) is 21.8 Å². The number of aromatic nitrogens is 2. The maximum Gasteiger partial charge on any atom is 0.236 e. The Bertz CT molecular complexity index is 935. The lowest BCUT2D eigenvalue weighted by Gasteiger charge is -2.13. The number of hydrogen-bond donors (Lipinski definition) is 6. The van der Waals surface area contributed by atoms with E-state index in [-0.39, 0.29) is 23.7 Å². The number of rotatable bonds is 13. The molecular weight excluding hydrogens is 413 g/mol. The maximum atomic E-state index is 13.4. The van der Waals surface area contributed by atoms with Crippen LogP contribution < -0.4 is 26.6 Å². The van der Waals surface area contributed by atoms with E-state index in [0.717, 1.165) is 6.42 Å². The van der Waals surface area contributed by atoms with Crippen LogP contribution in [0.5, 0.6) is 0 Å². The molecule has 172 valence electrons. The Kier molecular flexibility index (Phi) is 9.98. The second-order valence-corrected chi connectivity index (χ2v) is 6.91. The molecule has 0 radical (unpaired) electrons. The number of nitrogens with one attached hydrogen (secondary N) is 6. The first kappa shape index (κ1) is 24.7. The molecule has 0 unspecified atom stereocenters. The van der Waals surface area contributed by atoms with Crippen molar-refractivity contribution < 1.29 is 9.18 Å². The molecule has 2 aromatic rings. The second kappa shape index (κ2) is 13.0. The highest BCUT2D eigenvalue weighted by Gasteiger charge is 2.12. The predicted octanol–water partition coefficient (Wildman–Crippen LogP) is 2.82. The van der Waals surface area contributed by atoms with Gasteiger partial charge in [0.05, 0.1) is 11.6 Å². The fourth-order valence-electron chi connectivity index (χ4n) is 2.58. The molecule has 1 aromatic carbocycles. The van der Waals surface area contributed by atoms with Crippen LogP contribution in [0.2, 0.25) is 0 Å². The summed E-state index contributed by atoms with van der Waals surface area (Å²) in [5, 5.41) is 18.5. The molecular formula is C21H30FN9O. The third kappa shape index (κ3) is 7.58. The lowest BCUT2D eigenvalue weighted by molar-refractivity contribution is -0.122. The molecule has 0 fully saturated rings. The number of benzene rings is 1. The average Bonchev–Trinajstić information content (AvgIpc) is 2.79. The summed E-state index contributed by atoms with van der Waals surface area (Å²) in [7, 11) is 1.72. The first-order chi connectivity index (χ1) is 15.5. The zero-order chi connectivity index (χ0) is 23.3. The molecule has 0 spiro atoms. The fourth-order valence-corrected chi connectivity index (χ4v) is 2.58. The standard InChI is InChI=1S/C21H30FN9O/c1-4-8-26-19-17(12-28-21(30-19)29-16-7-5-6-15(22)11-16)18(31-23)13-25-9-10-27-20(32)14(2)24-3/h5-7,11-14,23-25H,4,8-10H2,1-3H3,(H,27,32)(H2,26,28,29,30)/b18-13-,31-23?/t14-/m0/s1. The van der Waals surface area contributed by atoms with Gasteiger partial charge in [-0.2, -0.15) is 10.1 Å². The van der Waals surface area contributed by atoms with Gasteiger partial charge in [-0.15, -0.1) is 0 Å². The van der Waals surface area contributed by atoms with Gasteiger partial charge in [0, 0.05) is 37.7 Å². The highest BCUT2D eigenvalue weighted by molar-refractivity contribution is 5.81. The van der Waals surface area contributed by atoms with Gasteiger partial charge >= 0.3 is 0 Å². The van der Waals surface area contributed by atoms with E-state index in [1.165, 1.54) is 12.1 Å². The first-order valence-electron chi connectivity index (χ1n) is 10.4. The van der Waals surface area contributed by atoms with E-state index >= 15 is 0 Å². The Labute approximate surface area is 187 Å². The number of carbonyl (C=O) groups excluding carboxylic acids is 1. The van der Waals surface area contributed by atoms with Gasteiger partial charge < -0.3 is 26.6 Å². The van der Waals surface area contributed by atoms with Gasteiger partial charge in [0.2, 0.25) is 11.9 Å². The topological polar surface area (TPSA) is 139 Å². The summed E-state index contributed by atoms with van der Waals surface area (Å²) in [5.74, 6) is 0.332. The van der Waals surface area contributed by atoms with Gasteiger partial charge in [0.15, 0.2) is 0 Å². The van der Waals surface area contributed by atoms with E-state index < -0.39 is 0 Å². The summed E-state index contributed by atoms with van der Waals surface area (Å²) in [6.07, 6.45) is 4.00. The summed E-state index contributed by atoms with van der Waals surface area (Å²) in [6, 6.07) is 5.74. The monoisotopic (exact) mass is 443 g/mol. The summed E-state index contributed by atoms with van der Waals surface area (Å²) in [4.78, 5) is 20.5. The zero-order valence-electron chi connectivity index (χ0n) is 18.5. The Morgan fingerprint density at radius 1 is 1.31 bits per heavy atom. The van der Waals surface area contributed by atoms with Crippen molar-refractivity contribution in [2.75, 3.05) is 37.3 Å². The molecule has 2 rings (SSSR count). The van der Waals surface area contributed by atoms with Crippen molar-refractivity contribution >= 4 is 29.1 Å². The SMILES string of the molecule is CCCNc1nc(Nc2cccc(F)c2)ncc1/C(=C/NCCNC(=O)[C@H](C)NC)N=N. The van der Waals surface area contributed by atoms with Gasteiger partial charge in [-0.1, -0.05) is 13.0 Å². The van der Waals surface area contributed by atoms with E-state index in [0.29, 0.717) is 42.4 Å². The number of carbonyl (C=O) groups is 1. The molecule has 1 heterocycles. The quantitative estimate of drug-likeness (QED) is 0.207. The lowest BCUT2D eigenvalue weighted by Crippen LogP contribution is -2.42. The van der Waals surface area contributed by atoms with Crippen molar-refractivity contribution in [3.05, 3.63) is 48.0 Å². The van der Waals surface area contributed by atoms with Crippen LogP contribution in [0.3, 0.4) is 0 Å². The van der Waals surface area contributed by atoms with E-state index in [9.17, 15) is 9.18 Å². The summed E-state index contributed by atoms with van der Waals surface area (Å²) >= 11 is 0. The van der Waals surface area contributed by atoms with E-state index in [1.807, 2.05) is 6.92 Å².